The van der Waals surface area contributed by atoms with E-state index in [0.717, 1.165) is 42.9 Å². The van der Waals surface area contributed by atoms with Gasteiger partial charge in [0.25, 0.3) is 0 Å². The van der Waals surface area contributed by atoms with Crippen LogP contribution in [0.3, 0.4) is 0 Å². The van der Waals surface area contributed by atoms with Crippen LogP contribution in [0.4, 0.5) is 5.69 Å². The first-order chi connectivity index (χ1) is 11.7. The van der Waals surface area contributed by atoms with Crippen molar-refractivity contribution in [2.75, 3.05) is 24.6 Å². The highest BCUT2D eigenvalue weighted by molar-refractivity contribution is 5.92. The summed E-state index contributed by atoms with van der Waals surface area (Å²) in [6.45, 7) is 4.60. The molecule has 0 saturated carbocycles. The number of aryl methyl sites for hydroxylation is 2. The second-order valence-electron chi connectivity index (χ2n) is 6.26. The summed E-state index contributed by atoms with van der Waals surface area (Å²) in [5.74, 6) is 0. The van der Waals surface area contributed by atoms with E-state index in [0.29, 0.717) is 0 Å². The first kappa shape index (κ1) is 15.1. The molecular weight excluding hydrogens is 300 g/mol. The highest BCUT2D eigenvalue weighted by Gasteiger charge is 2.24. The normalized spacial score (nSPS) is 18.2. The van der Waals surface area contributed by atoms with Crippen molar-refractivity contribution < 1.29 is 4.74 Å². The number of fused-ring (bicyclic) bond motifs is 1. The highest BCUT2D eigenvalue weighted by Crippen LogP contribution is 2.31. The molecule has 0 spiro atoms. The van der Waals surface area contributed by atoms with Crippen molar-refractivity contribution >= 4 is 16.6 Å². The van der Waals surface area contributed by atoms with Gasteiger partial charge in [0.1, 0.15) is 6.10 Å². The van der Waals surface area contributed by atoms with Gasteiger partial charge in [-0.3, -0.25) is 9.67 Å². The summed E-state index contributed by atoms with van der Waals surface area (Å²) in [5.41, 5.74) is 4.59. The zero-order chi connectivity index (χ0) is 16.5. The number of ether oxygens (including phenoxy) is 1. The number of hydrogen-bond acceptors (Lipinski definition) is 4. The first-order valence-electron chi connectivity index (χ1n) is 8.48. The standard InChI is InChI=1S/C19H22N4O/c1-3-15-10-18(16-6-4-5-7-17(16)21-15)23-8-9-24-19(13-23)14-11-20-22(2)12-14/h4-7,10-12,19H,3,8-9,13H2,1-2H3. The van der Waals surface area contributed by atoms with Gasteiger partial charge in [-0.25, -0.2) is 0 Å². The minimum Gasteiger partial charge on any atom is -0.370 e. The van der Waals surface area contributed by atoms with E-state index >= 15 is 0 Å². The molecule has 0 N–H and O–H groups in total. The molecule has 1 saturated heterocycles. The second-order valence-corrected chi connectivity index (χ2v) is 6.26. The molecule has 1 aliphatic heterocycles. The lowest BCUT2D eigenvalue weighted by Crippen LogP contribution is -2.38. The molecule has 0 aliphatic carbocycles. The molecule has 1 unspecified atom stereocenters. The third-order valence-corrected chi connectivity index (χ3v) is 4.61. The topological polar surface area (TPSA) is 43.2 Å². The lowest BCUT2D eigenvalue weighted by molar-refractivity contribution is 0.0398. The van der Waals surface area contributed by atoms with Crippen LogP contribution in [0.15, 0.2) is 42.7 Å². The van der Waals surface area contributed by atoms with E-state index in [2.05, 4.69) is 47.3 Å². The SMILES string of the molecule is CCc1cc(N2CCOC(c3cnn(C)c3)C2)c2ccccc2n1. The zero-order valence-electron chi connectivity index (χ0n) is 14.1. The van der Waals surface area contributed by atoms with Gasteiger partial charge < -0.3 is 9.64 Å². The molecular formula is C19H22N4O. The second kappa shape index (κ2) is 6.24. The van der Waals surface area contributed by atoms with E-state index in [1.165, 1.54) is 11.1 Å². The van der Waals surface area contributed by atoms with E-state index < -0.39 is 0 Å². The van der Waals surface area contributed by atoms with Crippen LogP contribution in [-0.4, -0.2) is 34.5 Å². The fraction of sp³-hybridized carbons (Fsp3) is 0.368. The molecule has 5 heteroatoms. The Kier molecular flexibility index (Phi) is 3.94. The average Bonchev–Trinajstić information content (AvgIpc) is 3.07. The smallest absolute Gasteiger partial charge is 0.103 e. The third kappa shape index (κ3) is 2.76. The van der Waals surface area contributed by atoms with Crippen LogP contribution < -0.4 is 4.90 Å². The molecule has 1 atom stereocenters. The maximum absolute atomic E-state index is 5.99. The van der Waals surface area contributed by atoms with Crippen molar-refractivity contribution in [3.63, 3.8) is 0 Å². The molecule has 0 bridgehead atoms. The molecule has 4 rings (SSSR count). The number of para-hydroxylation sites is 1. The Balaban J connectivity index is 1.71. The van der Waals surface area contributed by atoms with E-state index in [-0.39, 0.29) is 6.10 Å². The first-order valence-corrected chi connectivity index (χ1v) is 8.48. The summed E-state index contributed by atoms with van der Waals surface area (Å²) in [4.78, 5) is 7.18. The minimum absolute atomic E-state index is 0.0597. The summed E-state index contributed by atoms with van der Waals surface area (Å²) in [6.07, 6.45) is 4.94. The summed E-state index contributed by atoms with van der Waals surface area (Å²) in [5, 5.41) is 5.48. The lowest BCUT2D eigenvalue weighted by atomic mass is 10.1. The van der Waals surface area contributed by atoms with Crippen LogP contribution in [0.1, 0.15) is 24.3 Å². The summed E-state index contributed by atoms with van der Waals surface area (Å²) in [6, 6.07) is 10.6. The maximum atomic E-state index is 5.99. The van der Waals surface area contributed by atoms with Crippen LogP contribution in [-0.2, 0) is 18.2 Å². The number of hydrogen-bond donors (Lipinski definition) is 0. The van der Waals surface area contributed by atoms with Gasteiger partial charge in [0, 0.05) is 48.7 Å². The van der Waals surface area contributed by atoms with Gasteiger partial charge in [-0.05, 0) is 18.6 Å². The van der Waals surface area contributed by atoms with Crippen molar-refractivity contribution in [2.24, 2.45) is 7.05 Å². The number of rotatable bonds is 3. The number of benzene rings is 1. The Morgan fingerprint density at radius 2 is 2.17 bits per heavy atom. The van der Waals surface area contributed by atoms with Crippen molar-refractivity contribution in [1.82, 2.24) is 14.8 Å². The predicted molar refractivity (Wildman–Crippen MR) is 95.2 cm³/mol. The average molecular weight is 322 g/mol. The molecule has 24 heavy (non-hydrogen) atoms. The molecule has 2 aromatic heterocycles. The molecule has 1 aliphatic rings. The number of anilines is 1. The van der Waals surface area contributed by atoms with Gasteiger partial charge in [0.2, 0.25) is 0 Å². The molecule has 1 aromatic carbocycles. The van der Waals surface area contributed by atoms with Gasteiger partial charge in [0.05, 0.1) is 18.3 Å². The minimum atomic E-state index is 0.0597. The Labute approximate surface area is 141 Å². The Morgan fingerprint density at radius 1 is 1.29 bits per heavy atom. The molecule has 0 amide bonds. The van der Waals surface area contributed by atoms with Gasteiger partial charge in [-0.2, -0.15) is 5.10 Å². The van der Waals surface area contributed by atoms with E-state index in [1.54, 1.807) is 0 Å². The molecule has 124 valence electrons. The monoisotopic (exact) mass is 322 g/mol. The van der Waals surface area contributed by atoms with E-state index in [4.69, 9.17) is 9.72 Å². The maximum Gasteiger partial charge on any atom is 0.103 e. The van der Waals surface area contributed by atoms with Crippen LogP contribution in [0.5, 0.6) is 0 Å². The quantitative estimate of drug-likeness (QED) is 0.743. The fourth-order valence-corrected chi connectivity index (χ4v) is 3.33. The van der Waals surface area contributed by atoms with E-state index in [9.17, 15) is 0 Å². The Bertz CT molecular complexity index is 857. The van der Waals surface area contributed by atoms with E-state index in [1.807, 2.05) is 24.1 Å². The van der Waals surface area contributed by atoms with Crippen LogP contribution in [0.25, 0.3) is 10.9 Å². The fourth-order valence-electron chi connectivity index (χ4n) is 3.33. The van der Waals surface area contributed by atoms with Gasteiger partial charge in [-0.1, -0.05) is 25.1 Å². The van der Waals surface area contributed by atoms with Crippen molar-refractivity contribution in [2.45, 2.75) is 19.4 Å². The Morgan fingerprint density at radius 3 is 2.96 bits per heavy atom. The number of pyridine rings is 1. The van der Waals surface area contributed by atoms with Gasteiger partial charge in [-0.15, -0.1) is 0 Å². The highest BCUT2D eigenvalue weighted by atomic mass is 16.5. The molecule has 0 radical (unpaired) electrons. The molecule has 1 fully saturated rings. The molecule has 3 heterocycles. The van der Waals surface area contributed by atoms with Crippen LogP contribution in [0, 0.1) is 0 Å². The molecule has 3 aromatic rings. The van der Waals surface area contributed by atoms with Crippen LogP contribution in [0.2, 0.25) is 0 Å². The zero-order valence-corrected chi connectivity index (χ0v) is 14.1. The van der Waals surface area contributed by atoms with Crippen molar-refractivity contribution in [1.29, 1.82) is 0 Å². The Hall–Kier alpha value is -2.40. The number of nitrogens with zero attached hydrogens (tertiary/aromatic N) is 4. The van der Waals surface area contributed by atoms with Crippen LogP contribution >= 0.6 is 0 Å². The van der Waals surface area contributed by atoms with Crippen molar-refractivity contribution in [3.8, 4) is 0 Å². The predicted octanol–water partition coefficient (Wildman–Crippen LogP) is 3.11. The number of aromatic nitrogens is 3. The summed E-state index contributed by atoms with van der Waals surface area (Å²) < 4.78 is 7.82. The molecule has 5 nitrogen and oxygen atoms in total. The largest absolute Gasteiger partial charge is 0.370 e. The lowest BCUT2D eigenvalue weighted by Gasteiger charge is -2.35. The number of morpholine rings is 1. The summed E-state index contributed by atoms with van der Waals surface area (Å²) in [7, 11) is 1.94. The van der Waals surface area contributed by atoms with Crippen molar-refractivity contribution in [3.05, 3.63) is 54.0 Å². The third-order valence-electron chi connectivity index (χ3n) is 4.61. The summed E-state index contributed by atoms with van der Waals surface area (Å²) >= 11 is 0. The van der Waals surface area contributed by atoms with Gasteiger partial charge >= 0.3 is 0 Å². The van der Waals surface area contributed by atoms with Gasteiger partial charge in [0.15, 0.2) is 0 Å².